The summed E-state index contributed by atoms with van der Waals surface area (Å²) in [6, 6.07) is 8.99. The second kappa shape index (κ2) is 5.35. The van der Waals surface area contributed by atoms with Crippen LogP contribution in [0.25, 0.3) is 0 Å². The zero-order valence-corrected chi connectivity index (χ0v) is 10.4. The van der Waals surface area contributed by atoms with Crippen molar-refractivity contribution in [3.63, 3.8) is 0 Å². The van der Waals surface area contributed by atoms with Gasteiger partial charge in [0.05, 0.1) is 12.8 Å². The number of H-pyrrole nitrogens is 1. The van der Waals surface area contributed by atoms with Crippen LogP contribution in [0.2, 0.25) is 0 Å². The predicted molar refractivity (Wildman–Crippen MR) is 68.9 cm³/mol. The second-order valence-corrected chi connectivity index (χ2v) is 3.79. The van der Waals surface area contributed by atoms with Crippen molar-refractivity contribution in [3.05, 3.63) is 41.7 Å². The first kappa shape index (κ1) is 12.2. The van der Waals surface area contributed by atoms with Crippen LogP contribution in [0.15, 0.2) is 30.3 Å². The number of rotatable bonds is 4. The third-order valence-corrected chi connectivity index (χ3v) is 2.60. The van der Waals surface area contributed by atoms with Gasteiger partial charge in [-0.15, -0.1) is 0 Å². The molecule has 0 spiro atoms. The molecule has 2 N–H and O–H groups in total. The molecule has 0 atom stereocenters. The summed E-state index contributed by atoms with van der Waals surface area (Å²) in [6.45, 7) is 2.00. The quantitative estimate of drug-likeness (QED) is 0.868. The molecule has 0 aliphatic carbocycles. The normalized spacial score (nSPS) is 10.1. The summed E-state index contributed by atoms with van der Waals surface area (Å²) < 4.78 is 5.17. The number of methoxy groups -OCH3 is 1. The van der Waals surface area contributed by atoms with Crippen molar-refractivity contribution >= 4 is 11.6 Å². The molecule has 0 aliphatic rings. The maximum atomic E-state index is 12.0. The first-order chi connectivity index (χ1) is 8.74. The Labute approximate surface area is 105 Å². The summed E-state index contributed by atoms with van der Waals surface area (Å²) in [6.07, 6.45) is 0.814. The molecule has 0 aliphatic heterocycles. The number of amides is 1. The summed E-state index contributed by atoms with van der Waals surface area (Å²) >= 11 is 0. The van der Waals surface area contributed by atoms with Crippen LogP contribution in [-0.2, 0) is 6.42 Å². The molecule has 2 aromatic rings. The number of ether oxygens (including phenoxy) is 1. The molecular formula is C13H15N3O2. The molecule has 94 valence electrons. The molecule has 5 heteroatoms. The summed E-state index contributed by atoms with van der Waals surface area (Å²) in [5.41, 5.74) is 1.93. The van der Waals surface area contributed by atoms with E-state index >= 15 is 0 Å². The highest BCUT2D eigenvalue weighted by Crippen LogP contribution is 2.23. The van der Waals surface area contributed by atoms with Crippen LogP contribution < -0.4 is 10.1 Å². The van der Waals surface area contributed by atoms with E-state index < -0.39 is 0 Å². The van der Waals surface area contributed by atoms with Gasteiger partial charge in [-0.05, 0) is 24.6 Å². The van der Waals surface area contributed by atoms with Crippen molar-refractivity contribution in [1.82, 2.24) is 10.2 Å². The Balaban J connectivity index is 2.16. The van der Waals surface area contributed by atoms with Crippen molar-refractivity contribution in [1.29, 1.82) is 0 Å². The van der Waals surface area contributed by atoms with Crippen molar-refractivity contribution in [3.8, 4) is 5.75 Å². The number of aryl methyl sites for hydroxylation is 1. The molecule has 0 radical (unpaired) electrons. The summed E-state index contributed by atoms with van der Waals surface area (Å²) in [4.78, 5) is 12.0. The van der Waals surface area contributed by atoms with Gasteiger partial charge in [0, 0.05) is 5.69 Å². The van der Waals surface area contributed by atoms with E-state index in [9.17, 15) is 4.79 Å². The first-order valence-corrected chi connectivity index (χ1v) is 5.73. The third kappa shape index (κ3) is 2.51. The SMILES string of the molecule is CCc1cc(C(=O)Nc2ccccc2OC)n[nH]1. The number of hydrogen-bond acceptors (Lipinski definition) is 3. The van der Waals surface area contributed by atoms with Crippen molar-refractivity contribution in [2.75, 3.05) is 12.4 Å². The number of anilines is 1. The number of para-hydroxylation sites is 2. The van der Waals surface area contributed by atoms with E-state index in [1.807, 2.05) is 19.1 Å². The Hall–Kier alpha value is -2.30. The Bertz CT molecular complexity index is 549. The minimum absolute atomic E-state index is 0.254. The minimum atomic E-state index is -0.254. The number of hydrogen-bond donors (Lipinski definition) is 2. The highest BCUT2D eigenvalue weighted by atomic mass is 16.5. The van der Waals surface area contributed by atoms with E-state index in [0.29, 0.717) is 17.1 Å². The number of carbonyl (C=O) groups is 1. The molecule has 5 nitrogen and oxygen atoms in total. The minimum Gasteiger partial charge on any atom is -0.495 e. The molecule has 0 saturated carbocycles. The predicted octanol–water partition coefficient (Wildman–Crippen LogP) is 2.23. The van der Waals surface area contributed by atoms with E-state index in [4.69, 9.17) is 4.74 Å². The second-order valence-electron chi connectivity index (χ2n) is 3.79. The van der Waals surface area contributed by atoms with Gasteiger partial charge in [0.15, 0.2) is 5.69 Å². The van der Waals surface area contributed by atoms with Gasteiger partial charge in [-0.1, -0.05) is 19.1 Å². The molecule has 18 heavy (non-hydrogen) atoms. The largest absolute Gasteiger partial charge is 0.495 e. The molecule has 0 unspecified atom stereocenters. The van der Waals surface area contributed by atoms with Crippen molar-refractivity contribution in [2.45, 2.75) is 13.3 Å². The van der Waals surface area contributed by atoms with Gasteiger partial charge in [-0.3, -0.25) is 9.89 Å². The van der Waals surface area contributed by atoms with Crippen LogP contribution >= 0.6 is 0 Å². The molecule has 1 heterocycles. The summed E-state index contributed by atoms with van der Waals surface area (Å²) in [5.74, 6) is 0.368. The van der Waals surface area contributed by atoms with Gasteiger partial charge in [0.2, 0.25) is 0 Å². The molecule has 2 rings (SSSR count). The van der Waals surface area contributed by atoms with Crippen molar-refractivity contribution in [2.24, 2.45) is 0 Å². The van der Waals surface area contributed by atoms with Crippen LogP contribution in [0.1, 0.15) is 23.1 Å². The molecular weight excluding hydrogens is 230 g/mol. The number of carbonyl (C=O) groups excluding carboxylic acids is 1. The van der Waals surface area contributed by atoms with E-state index in [2.05, 4.69) is 15.5 Å². The molecule has 1 amide bonds. The Morgan fingerprint density at radius 2 is 2.22 bits per heavy atom. The number of aromatic amines is 1. The lowest BCUT2D eigenvalue weighted by molar-refractivity contribution is 0.102. The maximum Gasteiger partial charge on any atom is 0.276 e. The van der Waals surface area contributed by atoms with Crippen LogP contribution in [0.3, 0.4) is 0 Å². The fraction of sp³-hybridized carbons (Fsp3) is 0.231. The highest BCUT2D eigenvalue weighted by Gasteiger charge is 2.12. The lowest BCUT2D eigenvalue weighted by Crippen LogP contribution is -2.13. The smallest absolute Gasteiger partial charge is 0.276 e. The molecule has 0 saturated heterocycles. The summed E-state index contributed by atoms with van der Waals surface area (Å²) in [5, 5.41) is 9.54. The third-order valence-electron chi connectivity index (χ3n) is 2.60. The van der Waals surface area contributed by atoms with Gasteiger partial charge in [-0.25, -0.2) is 0 Å². The maximum absolute atomic E-state index is 12.0. The van der Waals surface area contributed by atoms with E-state index in [0.717, 1.165) is 12.1 Å². The monoisotopic (exact) mass is 245 g/mol. The van der Waals surface area contributed by atoms with Gasteiger partial charge < -0.3 is 10.1 Å². The zero-order valence-electron chi connectivity index (χ0n) is 10.4. The Kier molecular flexibility index (Phi) is 3.62. The lowest BCUT2D eigenvalue weighted by Gasteiger charge is -2.08. The van der Waals surface area contributed by atoms with Gasteiger partial charge in [0.25, 0.3) is 5.91 Å². The molecule has 0 fully saturated rings. The van der Waals surface area contributed by atoms with Crippen LogP contribution in [0, 0.1) is 0 Å². The molecule has 0 bridgehead atoms. The van der Waals surface area contributed by atoms with Crippen LogP contribution in [0.5, 0.6) is 5.75 Å². The fourth-order valence-electron chi connectivity index (χ4n) is 1.59. The van der Waals surface area contributed by atoms with E-state index in [-0.39, 0.29) is 5.91 Å². The van der Waals surface area contributed by atoms with E-state index in [1.54, 1.807) is 25.3 Å². The first-order valence-electron chi connectivity index (χ1n) is 5.73. The standard InChI is InChI=1S/C13H15N3O2/c1-3-9-8-11(16-15-9)13(17)14-10-6-4-5-7-12(10)18-2/h4-8H,3H2,1-2H3,(H,14,17)(H,15,16). The Morgan fingerprint density at radius 1 is 1.44 bits per heavy atom. The Morgan fingerprint density at radius 3 is 2.89 bits per heavy atom. The average molecular weight is 245 g/mol. The lowest BCUT2D eigenvalue weighted by atomic mass is 10.2. The van der Waals surface area contributed by atoms with Gasteiger partial charge in [0.1, 0.15) is 5.75 Å². The van der Waals surface area contributed by atoms with Gasteiger partial charge >= 0.3 is 0 Å². The number of benzene rings is 1. The zero-order chi connectivity index (χ0) is 13.0. The average Bonchev–Trinajstić information content (AvgIpc) is 2.88. The fourth-order valence-corrected chi connectivity index (χ4v) is 1.59. The highest BCUT2D eigenvalue weighted by molar-refractivity contribution is 6.03. The van der Waals surface area contributed by atoms with Gasteiger partial charge in [-0.2, -0.15) is 5.10 Å². The van der Waals surface area contributed by atoms with E-state index in [1.165, 1.54) is 0 Å². The van der Waals surface area contributed by atoms with Crippen molar-refractivity contribution < 1.29 is 9.53 Å². The summed E-state index contributed by atoms with van der Waals surface area (Å²) in [7, 11) is 1.56. The van der Waals surface area contributed by atoms with Crippen LogP contribution in [0.4, 0.5) is 5.69 Å². The van der Waals surface area contributed by atoms with Crippen LogP contribution in [-0.4, -0.2) is 23.2 Å². The topological polar surface area (TPSA) is 67.0 Å². The number of nitrogens with zero attached hydrogens (tertiary/aromatic N) is 1. The molecule has 1 aromatic heterocycles. The number of aromatic nitrogens is 2. The molecule has 1 aromatic carbocycles. The number of nitrogens with one attached hydrogen (secondary N) is 2.